The van der Waals surface area contributed by atoms with Crippen molar-refractivity contribution in [3.63, 3.8) is 0 Å². The molecule has 0 radical (unpaired) electrons. The van der Waals surface area contributed by atoms with E-state index in [1.165, 1.54) is 41.8 Å². The normalized spacial score (nSPS) is 11.1. The SMILES string of the molecule is Nc1[nH]nc(Nc2ccccc2)c1C(=O)Nc1ccc(S(=O)(=O)Nc2nccs2)cc1. The van der Waals surface area contributed by atoms with Crippen LogP contribution in [0.4, 0.5) is 28.1 Å². The summed E-state index contributed by atoms with van der Waals surface area (Å²) >= 11 is 1.17. The van der Waals surface area contributed by atoms with Gasteiger partial charge in [0.15, 0.2) is 10.9 Å². The summed E-state index contributed by atoms with van der Waals surface area (Å²) in [6.07, 6.45) is 1.50. The van der Waals surface area contributed by atoms with Gasteiger partial charge >= 0.3 is 0 Å². The van der Waals surface area contributed by atoms with Crippen molar-refractivity contribution in [1.82, 2.24) is 15.2 Å². The molecule has 2 heterocycles. The number of nitrogens with two attached hydrogens (primary N) is 1. The Balaban J connectivity index is 1.49. The van der Waals surface area contributed by atoms with Gasteiger partial charge in [-0.15, -0.1) is 11.3 Å². The Hall–Kier alpha value is -3.90. The molecule has 31 heavy (non-hydrogen) atoms. The van der Waals surface area contributed by atoms with Gasteiger partial charge in [0.05, 0.1) is 4.90 Å². The van der Waals surface area contributed by atoms with E-state index in [0.717, 1.165) is 5.69 Å². The predicted octanol–water partition coefficient (Wildman–Crippen LogP) is 3.25. The highest BCUT2D eigenvalue weighted by atomic mass is 32.2. The third-order valence-electron chi connectivity index (χ3n) is 4.13. The Kier molecular flexibility index (Phi) is 5.56. The van der Waals surface area contributed by atoms with E-state index in [9.17, 15) is 13.2 Å². The second kappa shape index (κ2) is 8.45. The number of thiazole rings is 1. The zero-order valence-electron chi connectivity index (χ0n) is 15.9. The Bertz CT molecular complexity index is 1290. The lowest BCUT2D eigenvalue weighted by molar-refractivity contribution is 0.102. The first-order valence-electron chi connectivity index (χ1n) is 8.92. The minimum absolute atomic E-state index is 0.0370. The smallest absolute Gasteiger partial charge is 0.263 e. The van der Waals surface area contributed by atoms with Gasteiger partial charge in [-0.2, -0.15) is 5.10 Å². The largest absolute Gasteiger partial charge is 0.383 e. The van der Waals surface area contributed by atoms with Gasteiger partial charge in [0.1, 0.15) is 11.4 Å². The molecular formula is C19H17N7O3S2. The average molecular weight is 456 g/mol. The van der Waals surface area contributed by atoms with Crippen LogP contribution >= 0.6 is 11.3 Å². The van der Waals surface area contributed by atoms with Crippen LogP contribution in [0.1, 0.15) is 10.4 Å². The summed E-state index contributed by atoms with van der Waals surface area (Å²) in [5.74, 6) is -0.128. The van der Waals surface area contributed by atoms with E-state index in [2.05, 4.69) is 30.5 Å². The number of nitrogens with zero attached hydrogens (tertiary/aromatic N) is 2. The molecule has 0 spiro atoms. The average Bonchev–Trinajstić information content (AvgIpc) is 3.38. The molecule has 4 rings (SSSR count). The fourth-order valence-electron chi connectivity index (χ4n) is 2.69. The summed E-state index contributed by atoms with van der Waals surface area (Å²) in [5.41, 5.74) is 7.16. The summed E-state index contributed by atoms with van der Waals surface area (Å²) in [6.45, 7) is 0. The molecule has 0 saturated carbocycles. The number of nitrogen functional groups attached to an aromatic ring is 1. The van der Waals surface area contributed by atoms with Crippen molar-refractivity contribution in [1.29, 1.82) is 0 Å². The first-order chi connectivity index (χ1) is 14.9. The first-order valence-corrected chi connectivity index (χ1v) is 11.3. The molecule has 0 atom stereocenters. The van der Waals surface area contributed by atoms with Crippen LogP contribution < -0.4 is 21.1 Å². The lowest BCUT2D eigenvalue weighted by Crippen LogP contribution is -2.15. The molecule has 0 unspecified atom stereocenters. The second-order valence-electron chi connectivity index (χ2n) is 6.27. The minimum Gasteiger partial charge on any atom is -0.383 e. The van der Waals surface area contributed by atoms with Crippen molar-refractivity contribution in [2.24, 2.45) is 0 Å². The highest BCUT2D eigenvalue weighted by molar-refractivity contribution is 7.93. The molecular weight excluding hydrogens is 438 g/mol. The van der Waals surface area contributed by atoms with E-state index in [4.69, 9.17) is 5.73 Å². The molecule has 1 amide bonds. The van der Waals surface area contributed by atoms with Gasteiger partial charge in [-0.05, 0) is 36.4 Å². The first kappa shape index (κ1) is 20.4. The number of rotatable bonds is 7. The lowest BCUT2D eigenvalue weighted by Gasteiger charge is -2.09. The highest BCUT2D eigenvalue weighted by Gasteiger charge is 2.20. The molecule has 10 nitrogen and oxygen atoms in total. The lowest BCUT2D eigenvalue weighted by atomic mass is 10.2. The van der Waals surface area contributed by atoms with Crippen LogP contribution in [0.2, 0.25) is 0 Å². The van der Waals surface area contributed by atoms with Gasteiger partial charge in [0, 0.05) is 23.0 Å². The number of anilines is 5. The van der Waals surface area contributed by atoms with Crippen molar-refractivity contribution in [3.8, 4) is 0 Å². The minimum atomic E-state index is -3.78. The van der Waals surface area contributed by atoms with Crippen LogP contribution in [0.15, 0.2) is 71.1 Å². The Morgan fingerprint density at radius 3 is 2.45 bits per heavy atom. The van der Waals surface area contributed by atoms with Gasteiger partial charge in [-0.3, -0.25) is 14.6 Å². The third-order valence-corrected chi connectivity index (χ3v) is 6.31. The molecule has 0 aliphatic heterocycles. The van der Waals surface area contributed by atoms with Crippen LogP contribution in [-0.2, 0) is 10.0 Å². The molecule has 2 aromatic heterocycles. The summed E-state index contributed by atoms with van der Waals surface area (Å²) < 4.78 is 27.2. The summed E-state index contributed by atoms with van der Waals surface area (Å²) in [6, 6.07) is 14.9. The van der Waals surface area contributed by atoms with Crippen molar-refractivity contribution < 1.29 is 13.2 Å². The topological polar surface area (TPSA) is 155 Å². The molecule has 0 aliphatic rings. The quantitative estimate of drug-likeness (QED) is 0.286. The van der Waals surface area contributed by atoms with Crippen molar-refractivity contribution in [2.75, 3.05) is 21.1 Å². The van der Waals surface area contributed by atoms with Crippen LogP contribution in [0.3, 0.4) is 0 Å². The number of aromatic amines is 1. The molecule has 0 aliphatic carbocycles. The van der Waals surface area contributed by atoms with Crippen molar-refractivity contribution in [2.45, 2.75) is 4.90 Å². The Labute approximate surface area is 181 Å². The van der Waals surface area contributed by atoms with Gasteiger partial charge < -0.3 is 16.4 Å². The van der Waals surface area contributed by atoms with Gasteiger partial charge in [0.25, 0.3) is 15.9 Å². The molecule has 0 bridgehead atoms. The number of carbonyl (C=O) groups is 1. The van der Waals surface area contributed by atoms with Gasteiger partial charge in [0.2, 0.25) is 0 Å². The maximum absolute atomic E-state index is 12.8. The second-order valence-corrected chi connectivity index (χ2v) is 8.85. The number of carbonyl (C=O) groups excluding carboxylic acids is 1. The number of hydrogen-bond acceptors (Lipinski definition) is 8. The zero-order chi connectivity index (χ0) is 21.8. The van der Waals surface area contributed by atoms with Crippen LogP contribution in [0, 0.1) is 0 Å². The van der Waals surface area contributed by atoms with E-state index in [1.807, 2.05) is 30.3 Å². The summed E-state index contributed by atoms with van der Waals surface area (Å²) in [7, 11) is -3.78. The third kappa shape index (κ3) is 4.65. The van der Waals surface area contributed by atoms with Crippen molar-refractivity contribution >= 4 is 55.4 Å². The zero-order valence-corrected chi connectivity index (χ0v) is 17.5. The number of hydrogen-bond donors (Lipinski definition) is 5. The number of nitrogens with one attached hydrogen (secondary N) is 4. The van der Waals surface area contributed by atoms with E-state index < -0.39 is 15.9 Å². The number of H-pyrrole nitrogens is 1. The van der Waals surface area contributed by atoms with Crippen LogP contribution in [0.5, 0.6) is 0 Å². The Morgan fingerprint density at radius 2 is 1.77 bits per heavy atom. The van der Waals surface area contributed by atoms with Gasteiger partial charge in [-0.25, -0.2) is 13.4 Å². The number of benzene rings is 2. The standard InChI is InChI=1S/C19H17N7O3S2/c20-16-15(17(25-24-16)22-12-4-2-1-3-5-12)18(27)23-13-6-8-14(9-7-13)31(28,29)26-19-21-10-11-30-19/h1-11H,(H,21,26)(H,23,27)(H4,20,22,24,25). The molecule has 0 saturated heterocycles. The summed E-state index contributed by atoms with van der Waals surface area (Å²) in [5, 5.41) is 14.3. The molecule has 158 valence electrons. The monoisotopic (exact) mass is 455 g/mol. The number of para-hydroxylation sites is 1. The fourth-order valence-corrected chi connectivity index (χ4v) is 4.48. The van der Waals surface area contributed by atoms with Gasteiger partial charge in [-0.1, -0.05) is 18.2 Å². The van der Waals surface area contributed by atoms with Crippen LogP contribution in [-0.4, -0.2) is 29.5 Å². The van der Waals surface area contributed by atoms with E-state index in [1.54, 1.807) is 5.38 Å². The number of amides is 1. The Morgan fingerprint density at radius 1 is 1.03 bits per heavy atom. The molecule has 12 heteroatoms. The molecule has 4 aromatic rings. The number of aromatic nitrogens is 3. The van der Waals surface area contributed by atoms with Crippen molar-refractivity contribution in [3.05, 3.63) is 71.7 Å². The van der Waals surface area contributed by atoms with E-state index in [-0.39, 0.29) is 27.2 Å². The summed E-state index contributed by atoms with van der Waals surface area (Å²) in [4.78, 5) is 16.7. The predicted molar refractivity (Wildman–Crippen MR) is 120 cm³/mol. The highest BCUT2D eigenvalue weighted by Crippen LogP contribution is 2.25. The maximum atomic E-state index is 12.8. The number of sulfonamides is 1. The van der Waals surface area contributed by atoms with E-state index >= 15 is 0 Å². The fraction of sp³-hybridized carbons (Fsp3) is 0. The molecule has 6 N–H and O–H groups in total. The van der Waals surface area contributed by atoms with Crippen LogP contribution in [0.25, 0.3) is 0 Å². The van der Waals surface area contributed by atoms with E-state index in [0.29, 0.717) is 5.69 Å². The molecule has 0 fully saturated rings. The molecule has 2 aromatic carbocycles. The maximum Gasteiger partial charge on any atom is 0.263 e.